The lowest BCUT2D eigenvalue weighted by atomic mass is 10.1. The van der Waals surface area contributed by atoms with Crippen molar-refractivity contribution in [2.75, 3.05) is 7.11 Å². The molecule has 0 bridgehead atoms. The second-order valence-corrected chi connectivity index (χ2v) is 8.88. The van der Waals surface area contributed by atoms with Gasteiger partial charge in [0.2, 0.25) is 5.89 Å². The summed E-state index contributed by atoms with van der Waals surface area (Å²) in [4.78, 5) is 29.7. The molecule has 0 spiro atoms. The Morgan fingerprint density at radius 2 is 1.77 bits per heavy atom. The molecule has 3 aromatic heterocycles. The van der Waals surface area contributed by atoms with E-state index in [1.54, 1.807) is 31.5 Å². The van der Waals surface area contributed by atoms with Gasteiger partial charge in [0, 0.05) is 35.5 Å². The van der Waals surface area contributed by atoms with E-state index in [2.05, 4.69) is 25.3 Å². The Morgan fingerprint density at radius 1 is 1.05 bits per heavy atom. The Hall–Kier alpha value is -4.84. The highest BCUT2D eigenvalue weighted by Crippen LogP contribution is 2.37. The van der Waals surface area contributed by atoms with Crippen molar-refractivity contribution in [2.45, 2.75) is 25.7 Å². The van der Waals surface area contributed by atoms with E-state index in [4.69, 9.17) is 14.9 Å². The van der Waals surface area contributed by atoms with Crippen LogP contribution in [-0.2, 0) is 12.7 Å². The fraction of sp³-hybridized carbons (Fsp3) is 0.179. The average Bonchev–Trinajstić information content (AvgIpc) is 3.41. The predicted octanol–water partition coefficient (Wildman–Crippen LogP) is 5.32. The first-order valence-electron chi connectivity index (χ1n) is 12.1. The van der Waals surface area contributed by atoms with Crippen molar-refractivity contribution in [2.24, 2.45) is 5.73 Å². The van der Waals surface area contributed by atoms with Crippen LogP contribution in [0.25, 0.3) is 33.7 Å². The van der Waals surface area contributed by atoms with Crippen LogP contribution in [0.2, 0.25) is 0 Å². The highest BCUT2D eigenvalue weighted by atomic mass is 19.4. The van der Waals surface area contributed by atoms with Crippen LogP contribution in [0.15, 0.2) is 71.4 Å². The zero-order valence-electron chi connectivity index (χ0n) is 21.4. The first kappa shape index (κ1) is 26.8. The third kappa shape index (κ3) is 5.34. The SMILES string of the molecule is COc1ccc(-c2nc(C(=O)NCc3ccc(-c4ncccn4)cc3)c([C@H](C)N)o2)c2ccc(C(F)(F)F)nc12. The summed E-state index contributed by atoms with van der Waals surface area (Å²) in [5, 5.41) is 3.11. The number of pyridine rings is 1. The molecular formula is C28H23F3N6O3. The van der Waals surface area contributed by atoms with E-state index < -0.39 is 23.8 Å². The lowest BCUT2D eigenvalue weighted by Crippen LogP contribution is -2.25. The summed E-state index contributed by atoms with van der Waals surface area (Å²) in [5.74, 6) is 0.358. The second-order valence-electron chi connectivity index (χ2n) is 8.88. The molecule has 0 unspecified atom stereocenters. The van der Waals surface area contributed by atoms with Crippen LogP contribution < -0.4 is 15.8 Å². The number of alkyl halides is 3. The summed E-state index contributed by atoms with van der Waals surface area (Å²) in [6.07, 6.45) is -1.32. The van der Waals surface area contributed by atoms with Crippen molar-refractivity contribution in [3.63, 3.8) is 0 Å². The molecule has 1 atom stereocenters. The molecule has 5 rings (SSSR count). The number of halogens is 3. The van der Waals surface area contributed by atoms with Crippen molar-refractivity contribution >= 4 is 16.8 Å². The highest BCUT2D eigenvalue weighted by Gasteiger charge is 2.33. The van der Waals surface area contributed by atoms with Crippen LogP contribution >= 0.6 is 0 Å². The van der Waals surface area contributed by atoms with Gasteiger partial charge in [-0.25, -0.2) is 19.9 Å². The van der Waals surface area contributed by atoms with Gasteiger partial charge in [-0.2, -0.15) is 13.2 Å². The summed E-state index contributed by atoms with van der Waals surface area (Å²) >= 11 is 0. The molecule has 12 heteroatoms. The zero-order chi connectivity index (χ0) is 28.4. The van der Waals surface area contributed by atoms with Gasteiger partial charge in [-0.05, 0) is 42.8 Å². The molecule has 0 saturated carbocycles. The number of nitrogens with zero attached hydrogens (tertiary/aromatic N) is 4. The van der Waals surface area contributed by atoms with Gasteiger partial charge in [-0.15, -0.1) is 0 Å². The second kappa shape index (κ2) is 10.7. The van der Waals surface area contributed by atoms with Crippen LogP contribution in [0.3, 0.4) is 0 Å². The maximum Gasteiger partial charge on any atom is 0.433 e. The lowest BCUT2D eigenvalue weighted by molar-refractivity contribution is -0.140. The third-order valence-electron chi connectivity index (χ3n) is 6.07. The number of carbonyl (C=O) groups is 1. The normalized spacial score (nSPS) is 12.3. The Bertz CT molecular complexity index is 1670. The molecule has 0 saturated heterocycles. The smallest absolute Gasteiger partial charge is 0.433 e. The molecule has 40 heavy (non-hydrogen) atoms. The number of nitrogens with one attached hydrogen (secondary N) is 1. The summed E-state index contributed by atoms with van der Waals surface area (Å²) in [5.41, 5.74) is 6.94. The van der Waals surface area contributed by atoms with E-state index in [-0.39, 0.29) is 35.2 Å². The number of fused-ring (bicyclic) bond motifs is 1. The Morgan fingerprint density at radius 3 is 2.42 bits per heavy atom. The molecule has 0 aliphatic heterocycles. The number of carbonyl (C=O) groups excluding carboxylic acids is 1. The molecule has 2 aromatic carbocycles. The molecule has 0 aliphatic carbocycles. The quantitative estimate of drug-likeness (QED) is 0.280. The monoisotopic (exact) mass is 548 g/mol. The van der Waals surface area contributed by atoms with Crippen molar-refractivity contribution in [1.82, 2.24) is 25.3 Å². The summed E-state index contributed by atoms with van der Waals surface area (Å²) in [7, 11) is 1.33. The molecule has 0 radical (unpaired) electrons. The number of aromatic nitrogens is 4. The number of hydrogen-bond acceptors (Lipinski definition) is 8. The number of nitrogens with two attached hydrogens (primary N) is 1. The molecule has 9 nitrogen and oxygen atoms in total. The fourth-order valence-electron chi connectivity index (χ4n) is 4.11. The topological polar surface area (TPSA) is 129 Å². The molecule has 1 amide bonds. The maximum absolute atomic E-state index is 13.3. The van der Waals surface area contributed by atoms with Gasteiger partial charge >= 0.3 is 6.18 Å². The first-order chi connectivity index (χ1) is 19.2. The minimum absolute atomic E-state index is 0.0128. The molecule has 5 aromatic rings. The fourth-order valence-corrected chi connectivity index (χ4v) is 4.11. The van der Waals surface area contributed by atoms with Gasteiger partial charge in [-0.1, -0.05) is 24.3 Å². The van der Waals surface area contributed by atoms with E-state index >= 15 is 0 Å². The van der Waals surface area contributed by atoms with Crippen molar-refractivity contribution in [1.29, 1.82) is 0 Å². The Balaban J connectivity index is 1.43. The van der Waals surface area contributed by atoms with Crippen molar-refractivity contribution < 1.29 is 27.1 Å². The van der Waals surface area contributed by atoms with Gasteiger partial charge in [0.15, 0.2) is 17.3 Å². The number of amides is 1. The standard InChI is InChI=1S/C28H23F3N6O3/c1-15(32)24-23(26(38)35-14-16-4-6-17(7-5-16)25-33-12-3-13-34-25)37-27(40-24)19-8-10-20(39-2)22-18(19)9-11-21(36-22)28(29,30)31/h3-13,15H,14,32H2,1-2H3,(H,35,38)/t15-/m0/s1. The van der Waals surface area contributed by atoms with E-state index in [9.17, 15) is 18.0 Å². The van der Waals surface area contributed by atoms with Gasteiger partial charge in [0.05, 0.1) is 13.2 Å². The van der Waals surface area contributed by atoms with E-state index in [0.717, 1.165) is 17.2 Å². The number of oxazole rings is 1. The van der Waals surface area contributed by atoms with Gasteiger partial charge in [0.25, 0.3) is 5.91 Å². The minimum atomic E-state index is -4.64. The molecule has 0 aliphatic rings. The summed E-state index contributed by atoms with van der Waals surface area (Å²) in [6.45, 7) is 1.83. The summed E-state index contributed by atoms with van der Waals surface area (Å²) < 4.78 is 51.0. The van der Waals surface area contributed by atoms with E-state index in [0.29, 0.717) is 16.8 Å². The van der Waals surface area contributed by atoms with E-state index in [1.165, 1.54) is 19.2 Å². The maximum atomic E-state index is 13.3. The number of ether oxygens (including phenoxy) is 1. The predicted molar refractivity (Wildman–Crippen MR) is 140 cm³/mol. The number of hydrogen-bond donors (Lipinski definition) is 2. The van der Waals surface area contributed by atoms with Crippen LogP contribution in [0.5, 0.6) is 5.75 Å². The highest BCUT2D eigenvalue weighted by molar-refractivity contribution is 5.98. The van der Waals surface area contributed by atoms with E-state index in [1.807, 2.05) is 24.3 Å². The largest absolute Gasteiger partial charge is 0.494 e. The van der Waals surface area contributed by atoms with Crippen molar-refractivity contribution in [3.8, 4) is 28.6 Å². The van der Waals surface area contributed by atoms with Crippen molar-refractivity contribution in [3.05, 3.63) is 89.7 Å². The van der Waals surface area contributed by atoms with Gasteiger partial charge < -0.3 is 20.2 Å². The third-order valence-corrected chi connectivity index (χ3v) is 6.07. The Kier molecular flexibility index (Phi) is 7.18. The van der Waals surface area contributed by atoms with Crippen LogP contribution in [-0.4, -0.2) is 33.0 Å². The first-order valence-corrected chi connectivity index (χ1v) is 12.1. The molecule has 204 valence electrons. The number of methoxy groups -OCH3 is 1. The molecule has 0 fully saturated rings. The lowest BCUT2D eigenvalue weighted by Gasteiger charge is -2.11. The van der Waals surface area contributed by atoms with Crippen LogP contribution in [0, 0.1) is 0 Å². The van der Waals surface area contributed by atoms with Gasteiger partial charge in [-0.3, -0.25) is 4.79 Å². The average molecular weight is 549 g/mol. The molecule has 3 N–H and O–H groups in total. The minimum Gasteiger partial charge on any atom is -0.494 e. The molecular weight excluding hydrogens is 525 g/mol. The van der Waals surface area contributed by atoms with Gasteiger partial charge in [0.1, 0.15) is 17.0 Å². The number of rotatable bonds is 7. The summed E-state index contributed by atoms with van der Waals surface area (Å²) in [6, 6.07) is 13.6. The molecule has 3 heterocycles. The Labute approximate surface area is 226 Å². The zero-order valence-corrected chi connectivity index (χ0v) is 21.4. The van der Waals surface area contributed by atoms with Crippen LogP contribution in [0.4, 0.5) is 13.2 Å². The van der Waals surface area contributed by atoms with Crippen LogP contribution in [0.1, 0.15) is 40.5 Å². The number of benzene rings is 2.